The quantitative estimate of drug-likeness (QED) is 0.143. The molecule has 0 unspecified atom stereocenters. The molecule has 3 heterocycles. The molecule has 2 aromatic heterocycles. The van der Waals surface area contributed by atoms with Crippen LogP contribution >= 0.6 is 22.9 Å². The Morgan fingerprint density at radius 3 is 2.43 bits per heavy atom. The van der Waals surface area contributed by atoms with Crippen LogP contribution in [-0.2, 0) is 19.1 Å². The van der Waals surface area contributed by atoms with Gasteiger partial charge in [0.15, 0.2) is 5.13 Å². The predicted octanol–water partition coefficient (Wildman–Crippen LogP) is 6.27. The number of aliphatic carboxylic acids is 1. The van der Waals surface area contributed by atoms with Crippen LogP contribution in [0.25, 0.3) is 22.3 Å². The fourth-order valence-corrected chi connectivity index (χ4v) is 9.18. The molecular formula is C40H49ClN6O8S. The lowest BCUT2D eigenvalue weighted by Crippen LogP contribution is -2.59. The number of halogens is 1. The Balaban J connectivity index is 1.20. The first-order valence-electron chi connectivity index (χ1n) is 19.0. The molecule has 14 nitrogen and oxygen atoms in total. The number of carbonyl (C=O) groups is 4. The number of ether oxygens (including phenoxy) is 3. The van der Waals surface area contributed by atoms with Gasteiger partial charge in [-0.1, -0.05) is 38.4 Å². The number of rotatable bonds is 13. The van der Waals surface area contributed by atoms with E-state index in [2.05, 4.69) is 22.5 Å². The average Bonchev–Trinajstić information content (AvgIpc) is 3.80. The minimum absolute atomic E-state index is 0.0282. The second-order valence-electron chi connectivity index (χ2n) is 16.8. The Labute approximate surface area is 334 Å². The van der Waals surface area contributed by atoms with Crippen LogP contribution in [0.1, 0.15) is 66.7 Å². The molecular weight excluding hydrogens is 760 g/mol. The van der Waals surface area contributed by atoms with Gasteiger partial charge in [0.1, 0.15) is 52.0 Å². The van der Waals surface area contributed by atoms with Gasteiger partial charge in [0.05, 0.1) is 24.9 Å². The van der Waals surface area contributed by atoms with Crippen molar-refractivity contribution in [2.24, 2.45) is 23.2 Å². The second-order valence-corrected chi connectivity index (χ2v) is 18.0. The SMILES string of the molecule is C=C[C@@H]1C[C@]1(NC(=O)[C@@H]1C[C@@H](Oc2cc(-c3csc(NC(C)C)n3)nc3c(Cl)c(OC)ccc23)CN1C(=O)[C@@H](NC(=O)O[C@H]1C[C@@H]2C[C@@H]2C1)C(C)(C)C)C(=O)O. The third kappa shape index (κ3) is 7.84. The molecule has 7 rings (SSSR count). The molecule has 56 heavy (non-hydrogen) atoms. The second kappa shape index (κ2) is 15.0. The van der Waals surface area contributed by atoms with Crippen molar-refractivity contribution in [2.45, 2.75) is 103 Å². The molecule has 3 amide bonds. The number of thiazole rings is 1. The fraction of sp³-hybridized carbons (Fsp3) is 0.550. The first-order chi connectivity index (χ1) is 26.5. The van der Waals surface area contributed by atoms with Crippen LogP contribution in [0.4, 0.5) is 9.93 Å². The number of amides is 3. The van der Waals surface area contributed by atoms with Crippen molar-refractivity contribution in [2.75, 3.05) is 19.0 Å². The van der Waals surface area contributed by atoms with Crippen LogP contribution < -0.4 is 25.4 Å². The van der Waals surface area contributed by atoms with Crippen LogP contribution in [0.2, 0.25) is 5.02 Å². The molecule has 1 aromatic carbocycles. The first-order valence-corrected chi connectivity index (χ1v) is 20.3. The summed E-state index contributed by atoms with van der Waals surface area (Å²) in [5, 5.41) is 22.4. The van der Waals surface area contributed by atoms with Gasteiger partial charge in [-0.3, -0.25) is 9.59 Å². The molecule has 4 N–H and O–H groups in total. The van der Waals surface area contributed by atoms with Gasteiger partial charge in [-0.05, 0) is 68.9 Å². The number of hydrogen-bond acceptors (Lipinski definition) is 11. The number of carbonyl (C=O) groups excluding carboxylic acids is 3. The topological polar surface area (TPSA) is 181 Å². The third-order valence-corrected chi connectivity index (χ3v) is 12.4. The summed E-state index contributed by atoms with van der Waals surface area (Å²) in [4.78, 5) is 65.4. The van der Waals surface area contributed by atoms with Gasteiger partial charge in [0.2, 0.25) is 11.8 Å². The lowest BCUT2D eigenvalue weighted by atomic mass is 9.85. The number of anilines is 1. The van der Waals surface area contributed by atoms with Crippen LogP contribution in [0.15, 0.2) is 36.2 Å². The Kier molecular flexibility index (Phi) is 10.6. The van der Waals surface area contributed by atoms with E-state index >= 15 is 0 Å². The number of benzene rings is 1. The number of methoxy groups -OCH3 is 1. The highest BCUT2D eigenvalue weighted by Gasteiger charge is 2.61. The van der Waals surface area contributed by atoms with Gasteiger partial charge in [0, 0.05) is 35.2 Å². The predicted molar refractivity (Wildman–Crippen MR) is 212 cm³/mol. The van der Waals surface area contributed by atoms with E-state index < -0.39 is 58.9 Å². The van der Waals surface area contributed by atoms with Gasteiger partial charge in [-0.25, -0.2) is 19.6 Å². The normalized spacial score (nSPS) is 27.0. The summed E-state index contributed by atoms with van der Waals surface area (Å²) in [6, 6.07) is 3.20. The molecule has 3 saturated carbocycles. The number of pyridine rings is 1. The van der Waals surface area contributed by atoms with E-state index in [0.29, 0.717) is 50.8 Å². The molecule has 8 atom stereocenters. The lowest BCUT2D eigenvalue weighted by Gasteiger charge is -2.35. The van der Waals surface area contributed by atoms with Crippen LogP contribution in [0.3, 0.4) is 0 Å². The van der Waals surface area contributed by atoms with Gasteiger partial charge < -0.3 is 40.2 Å². The maximum absolute atomic E-state index is 14.7. The van der Waals surface area contributed by atoms with E-state index in [0.717, 1.165) is 12.8 Å². The highest BCUT2D eigenvalue weighted by molar-refractivity contribution is 7.14. The zero-order valence-corrected chi connectivity index (χ0v) is 34.0. The molecule has 300 valence electrons. The first kappa shape index (κ1) is 39.6. The number of carboxylic acids is 1. The Hall–Kier alpha value is -4.63. The van der Waals surface area contributed by atoms with E-state index in [1.54, 1.807) is 18.2 Å². The van der Waals surface area contributed by atoms with E-state index in [4.69, 9.17) is 35.8 Å². The van der Waals surface area contributed by atoms with Crippen molar-refractivity contribution < 1.29 is 38.5 Å². The largest absolute Gasteiger partial charge is 0.495 e. The number of alkyl carbamates (subject to hydrolysis) is 1. The third-order valence-electron chi connectivity index (χ3n) is 11.3. The minimum atomic E-state index is -1.53. The van der Waals surface area contributed by atoms with E-state index in [1.165, 1.54) is 35.8 Å². The molecule has 4 aliphatic rings. The van der Waals surface area contributed by atoms with Crippen molar-refractivity contribution >= 4 is 62.8 Å². The number of aromatic nitrogens is 2. The van der Waals surface area contributed by atoms with Gasteiger partial charge in [-0.2, -0.15) is 0 Å². The monoisotopic (exact) mass is 808 g/mol. The standard InChI is InChI=1S/C40H49ClN6O8S/c1-8-22-16-40(22,36(50)51)46-34(48)28-14-24(17-47(28)35(49)33(39(4,5)6)45-38(52)55-23-12-20-11-21(20)13-23)54-30-15-26(27-18-56-37(44-27)42-19(2)3)43-32-25(30)9-10-29(53-7)31(32)41/h8-10,15,18-24,28,33H,1,11-14,16-17H2,2-7H3,(H,42,44)(H,45,52)(H,46,48)(H,50,51)/t20-,21+,22-,23-,24-,28+,33-,40-/m1/s1. The number of likely N-dealkylation sites (tertiary alicyclic amines) is 1. The van der Waals surface area contributed by atoms with Crippen LogP contribution in [0.5, 0.6) is 11.5 Å². The number of fused-ring (bicyclic) bond motifs is 2. The molecule has 3 aromatic rings. The van der Waals surface area contributed by atoms with E-state index in [9.17, 15) is 24.3 Å². The Bertz CT molecular complexity index is 2060. The maximum Gasteiger partial charge on any atom is 0.408 e. The molecule has 3 aliphatic carbocycles. The lowest BCUT2D eigenvalue weighted by molar-refractivity contribution is -0.146. The van der Waals surface area contributed by atoms with Crippen molar-refractivity contribution in [3.8, 4) is 22.9 Å². The van der Waals surface area contributed by atoms with E-state index in [1.807, 2.05) is 40.0 Å². The van der Waals surface area contributed by atoms with Crippen molar-refractivity contribution in [3.05, 3.63) is 41.3 Å². The number of nitrogens with zero attached hydrogens (tertiary/aromatic N) is 3. The number of nitrogens with one attached hydrogen (secondary N) is 3. The van der Waals surface area contributed by atoms with Crippen molar-refractivity contribution in [1.82, 2.24) is 25.5 Å². The van der Waals surface area contributed by atoms with E-state index in [-0.39, 0.29) is 36.6 Å². The summed E-state index contributed by atoms with van der Waals surface area (Å²) in [6.45, 7) is 13.2. The van der Waals surface area contributed by atoms with Crippen molar-refractivity contribution in [1.29, 1.82) is 0 Å². The summed E-state index contributed by atoms with van der Waals surface area (Å²) in [7, 11) is 1.51. The number of carboxylic acid groups (broad SMARTS) is 1. The summed E-state index contributed by atoms with van der Waals surface area (Å²) in [5.74, 6) is -0.804. The smallest absolute Gasteiger partial charge is 0.408 e. The van der Waals surface area contributed by atoms with Gasteiger partial charge in [0.25, 0.3) is 0 Å². The summed E-state index contributed by atoms with van der Waals surface area (Å²) in [6.07, 6.45) is 2.89. The molecule has 1 saturated heterocycles. The fourth-order valence-electron chi connectivity index (χ4n) is 8.05. The zero-order chi connectivity index (χ0) is 40.3. The summed E-state index contributed by atoms with van der Waals surface area (Å²) >= 11 is 8.24. The van der Waals surface area contributed by atoms with Gasteiger partial charge >= 0.3 is 12.1 Å². The Morgan fingerprint density at radius 2 is 1.80 bits per heavy atom. The molecule has 1 aliphatic heterocycles. The molecule has 0 radical (unpaired) electrons. The zero-order valence-electron chi connectivity index (χ0n) is 32.4. The maximum atomic E-state index is 14.7. The summed E-state index contributed by atoms with van der Waals surface area (Å²) < 4.78 is 17.9. The molecule has 16 heteroatoms. The van der Waals surface area contributed by atoms with Gasteiger partial charge in [-0.15, -0.1) is 17.9 Å². The summed E-state index contributed by atoms with van der Waals surface area (Å²) in [5.41, 5.74) is -0.830. The van der Waals surface area contributed by atoms with Crippen LogP contribution in [0, 0.1) is 23.2 Å². The highest BCUT2D eigenvalue weighted by atomic mass is 35.5. The minimum Gasteiger partial charge on any atom is -0.495 e. The molecule has 4 fully saturated rings. The van der Waals surface area contributed by atoms with Crippen molar-refractivity contribution in [3.63, 3.8) is 0 Å². The molecule has 0 bridgehead atoms. The number of hydrogen-bond donors (Lipinski definition) is 4. The Morgan fingerprint density at radius 1 is 1.07 bits per heavy atom. The highest BCUT2D eigenvalue weighted by Crippen LogP contribution is 2.52. The average molecular weight is 809 g/mol. The molecule has 0 spiro atoms. The van der Waals surface area contributed by atoms with Crippen LogP contribution in [-0.4, -0.2) is 93.4 Å².